The largest absolute Gasteiger partial charge is 0.356 e. The first-order chi connectivity index (χ1) is 11.2. The van der Waals surface area contributed by atoms with Gasteiger partial charge in [0, 0.05) is 35.4 Å². The van der Waals surface area contributed by atoms with E-state index in [1.165, 1.54) is 0 Å². The molecule has 4 nitrogen and oxygen atoms in total. The fraction of sp³-hybridized carbons (Fsp3) is 0.444. The first-order valence-electron chi connectivity index (χ1n) is 8.28. The second-order valence-electron chi connectivity index (χ2n) is 6.07. The molecule has 1 aliphatic rings. The number of aromatic nitrogens is 2. The van der Waals surface area contributed by atoms with Crippen LogP contribution >= 0.6 is 11.6 Å². The maximum Gasteiger partial charge on any atom is 0.161 e. The lowest BCUT2D eigenvalue weighted by molar-refractivity contribution is 0.413. The quantitative estimate of drug-likeness (QED) is 0.931. The molecule has 0 amide bonds. The summed E-state index contributed by atoms with van der Waals surface area (Å²) in [5.74, 6) is 2.45. The summed E-state index contributed by atoms with van der Waals surface area (Å²) in [6, 6.07) is 9.82. The molecule has 0 atom stereocenters. The van der Waals surface area contributed by atoms with Crippen molar-refractivity contribution in [1.29, 1.82) is 0 Å². The van der Waals surface area contributed by atoms with E-state index >= 15 is 0 Å². The molecule has 2 N–H and O–H groups in total. The molecule has 1 aromatic carbocycles. The number of hydrogen-bond donors (Lipinski definition) is 1. The number of anilines is 1. The van der Waals surface area contributed by atoms with Gasteiger partial charge in [0.05, 0.1) is 0 Å². The van der Waals surface area contributed by atoms with Crippen LogP contribution in [0.5, 0.6) is 0 Å². The van der Waals surface area contributed by atoms with Gasteiger partial charge in [-0.05, 0) is 56.0 Å². The number of nitrogens with zero attached hydrogens (tertiary/aromatic N) is 3. The van der Waals surface area contributed by atoms with Gasteiger partial charge in [0.15, 0.2) is 5.82 Å². The number of halogens is 1. The van der Waals surface area contributed by atoms with Crippen LogP contribution in [0.15, 0.2) is 30.3 Å². The monoisotopic (exact) mass is 330 g/mol. The van der Waals surface area contributed by atoms with Crippen LogP contribution in [-0.2, 0) is 6.42 Å². The SMILES string of the molecule is CCc1cc(N2CCC(CN)CC2)nc(-c2ccc(Cl)cc2)n1. The summed E-state index contributed by atoms with van der Waals surface area (Å²) in [6.45, 7) is 4.94. The molecule has 0 radical (unpaired) electrons. The number of hydrogen-bond acceptors (Lipinski definition) is 4. The van der Waals surface area contributed by atoms with Gasteiger partial charge in [-0.25, -0.2) is 9.97 Å². The summed E-state index contributed by atoms with van der Waals surface area (Å²) in [4.78, 5) is 11.8. The van der Waals surface area contributed by atoms with E-state index in [0.717, 1.165) is 66.8 Å². The van der Waals surface area contributed by atoms with Crippen molar-refractivity contribution in [3.63, 3.8) is 0 Å². The van der Waals surface area contributed by atoms with Crippen molar-refractivity contribution in [2.75, 3.05) is 24.5 Å². The van der Waals surface area contributed by atoms with Gasteiger partial charge in [0.1, 0.15) is 5.82 Å². The second-order valence-corrected chi connectivity index (χ2v) is 6.50. The zero-order valence-corrected chi connectivity index (χ0v) is 14.3. The van der Waals surface area contributed by atoms with Crippen molar-refractivity contribution < 1.29 is 0 Å². The zero-order valence-electron chi connectivity index (χ0n) is 13.5. The fourth-order valence-corrected chi connectivity index (χ4v) is 3.08. The van der Waals surface area contributed by atoms with E-state index in [1.54, 1.807) is 0 Å². The van der Waals surface area contributed by atoms with Crippen LogP contribution < -0.4 is 10.6 Å². The summed E-state index contributed by atoms with van der Waals surface area (Å²) < 4.78 is 0. The average Bonchev–Trinajstić information content (AvgIpc) is 2.62. The highest BCUT2D eigenvalue weighted by molar-refractivity contribution is 6.30. The molecule has 1 aromatic heterocycles. The Balaban J connectivity index is 1.89. The molecule has 1 aliphatic heterocycles. The van der Waals surface area contributed by atoms with Crippen molar-refractivity contribution in [2.45, 2.75) is 26.2 Å². The fourth-order valence-electron chi connectivity index (χ4n) is 2.95. The Kier molecular flexibility index (Phi) is 5.13. The molecule has 5 heteroatoms. The third-order valence-corrected chi connectivity index (χ3v) is 4.75. The molecule has 0 unspecified atom stereocenters. The molecule has 23 heavy (non-hydrogen) atoms. The highest BCUT2D eigenvalue weighted by atomic mass is 35.5. The summed E-state index contributed by atoms with van der Waals surface area (Å²) in [5, 5.41) is 0.726. The molecular formula is C18H23ClN4. The van der Waals surface area contributed by atoms with Gasteiger partial charge >= 0.3 is 0 Å². The van der Waals surface area contributed by atoms with E-state index in [9.17, 15) is 0 Å². The van der Waals surface area contributed by atoms with Crippen molar-refractivity contribution >= 4 is 17.4 Å². The van der Waals surface area contributed by atoms with Crippen LogP contribution in [0, 0.1) is 5.92 Å². The predicted octanol–water partition coefficient (Wildman–Crippen LogP) is 3.53. The molecule has 3 rings (SSSR count). The molecule has 1 saturated heterocycles. The van der Waals surface area contributed by atoms with Crippen molar-refractivity contribution in [3.05, 3.63) is 41.0 Å². The normalized spacial score (nSPS) is 15.9. The lowest BCUT2D eigenvalue weighted by atomic mass is 9.97. The van der Waals surface area contributed by atoms with Crippen LogP contribution in [0.4, 0.5) is 5.82 Å². The molecule has 2 aromatic rings. The number of piperidine rings is 1. The molecule has 0 aliphatic carbocycles. The Bertz CT molecular complexity index is 649. The van der Waals surface area contributed by atoms with Crippen LogP contribution in [0.25, 0.3) is 11.4 Å². The number of rotatable bonds is 4. The van der Waals surface area contributed by atoms with Gasteiger partial charge < -0.3 is 10.6 Å². The van der Waals surface area contributed by atoms with Crippen LogP contribution in [0.2, 0.25) is 5.02 Å². The maximum absolute atomic E-state index is 5.98. The van der Waals surface area contributed by atoms with E-state index in [4.69, 9.17) is 22.3 Å². The minimum absolute atomic E-state index is 0.648. The Labute approximate surface area is 142 Å². The minimum Gasteiger partial charge on any atom is -0.356 e. The summed E-state index contributed by atoms with van der Waals surface area (Å²) in [5.41, 5.74) is 7.86. The smallest absolute Gasteiger partial charge is 0.161 e. The average molecular weight is 331 g/mol. The zero-order chi connectivity index (χ0) is 16.2. The van der Waals surface area contributed by atoms with Crippen molar-refractivity contribution in [2.24, 2.45) is 11.7 Å². The molecule has 2 heterocycles. The lowest BCUT2D eigenvalue weighted by Crippen LogP contribution is -2.36. The number of nitrogens with two attached hydrogens (primary N) is 1. The maximum atomic E-state index is 5.98. The van der Waals surface area contributed by atoms with E-state index in [2.05, 4.69) is 22.9 Å². The first kappa shape index (κ1) is 16.2. The Morgan fingerprint density at radius 2 is 1.87 bits per heavy atom. The number of benzene rings is 1. The van der Waals surface area contributed by atoms with E-state index in [-0.39, 0.29) is 0 Å². The first-order valence-corrected chi connectivity index (χ1v) is 8.66. The highest BCUT2D eigenvalue weighted by Gasteiger charge is 2.20. The molecule has 0 bridgehead atoms. The van der Waals surface area contributed by atoms with Gasteiger partial charge in [-0.1, -0.05) is 18.5 Å². The van der Waals surface area contributed by atoms with Gasteiger partial charge in [-0.15, -0.1) is 0 Å². The predicted molar refractivity (Wildman–Crippen MR) is 95.8 cm³/mol. The Morgan fingerprint density at radius 1 is 1.17 bits per heavy atom. The van der Waals surface area contributed by atoms with Gasteiger partial charge in [0.25, 0.3) is 0 Å². The Hall–Kier alpha value is -1.65. The molecular weight excluding hydrogens is 308 g/mol. The molecule has 122 valence electrons. The highest BCUT2D eigenvalue weighted by Crippen LogP contribution is 2.25. The Morgan fingerprint density at radius 3 is 2.48 bits per heavy atom. The van der Waals surface area contributed by atoms with Crippen molar-refractivity contribution in [3.8, 4) is 11.4 Å². The topological polar surface area (TPSA) is 55.0 Å². The van der Waals surface area contributed by atoms with Crippen LogP contribution in [-0.4, -0.2) is 29.6 Å². The van der Waals surface area contributed by atoms with Gasteiger partial charge in [0.2, 0.25) is 0 Å². The van der Waals surface area contributed by atoms with Crippen molar-refractivity contribution in [1.82, 2.24) is 9.97 Å². The molecule has 0 saturated carbocycles. The van der Waals surface area contributed by atoms with Gasteiger partial charge in [-0.2, -0.15) is 0 Å². The lowest BCUT2D eigenvalue weighted by Gasteiger charge is -2.32. The van der Waals surface area contributed by atoms with Crippen LogP contribution in [0.1, 0.15) is 25.5 Å². The minimum atomic E-state index is 0.648. The standard InChI is InChI=1S/C18H23ClN4/c1-2-16-11-17(23-9-7-13(12-20)8-10-23)22-18(21-16)14-3-5-15(19)6-4-14/h3-6,11,13H,2,7-10,12,20H2,1H3. The number of aryl methyl sites for hydroxylation is 1. The summed E-state index contributed by atoms with van der Waals surface area (Å²) >= 11 is 5.98. The third kappa shape index (κ3) is 3.82. The van der Waals surface area contributed by atoms with Crippen LogP contribution in [0.3, 0.4) is 0 Å². The summed E-state index contributed by atoms with van der Waals surface area (Å²) in [6.07, 6.45) is 3.17. The summed E-state index contributed by atoms with van der Waals surface area (Å²) in [7, 11) is 0. The van der Waals surface area contributed by atoms with E-state index < -0.39 is 0 Å². The van der Waals surface area contributed by atoms with E-state index in [1.807, 2.05) is 24.3 Å². The molecule has 1 fully saturated rings. The van der Waals surface area contributed by atoms with E-state index in [0.29, 0.717) is 5.92 Å². The van der Waals surface area contributed by atoms with Gasteiger partial charge in [-0.3, -0.25) is 0 Å². The molecule has 0 spiro atoms. The second kappa shape index (κ2) is 7.28. The third-order valence-electron chi connectivity index (χ3n) is 4.50.